The van der Waals surface area contributed by atoms with E-state index in [1.807, 2.05) is 11.8 Å². The van der Waals surface area contributed by atoms with Crippen molar-refractivity contribution in [2.75, 3.05) is 43.9 Å². The van der Waals surface area contributed by atoms with Gasteiger partial charge in [0.2, 0.25) is 0 Å². The number of hydrogen-bond donors (Lipinski definition) is 3. The Bertz CT molecular complexity index is 587. The summed E-state index contributed by atoms with van der Waals surface area (Å²) in [4.78, 5) is 7.14. The van der Waals surface area contributed by atoms with E-state index in [4.69, 9.17) is 4.99 Å². The van der Waals surface area contributed by atoms with Gasteiger partial charge in [-0.3, -0.25) is 0 Å². The van der Waals surface area contributed by atoms with Crippen LogP contribution in [0.25, 0.3) is 0 Å². The first-order valence-electron chi connectivity index (χ1n) is 9.99. The summed E-state index contributed by atoms with van der Waals surface area (Å²) >= 11 is 1.85. The van der Waals surface area contributed by atoms with E-state index in [-0.39, 0.29) is 28.7 Å². The zero-order valence-electron chi connectivity index (χ0n) is 17.7. The minimum absolute atomic E-state index is 0. The van der Waals surface area contributed by atoms with Crippen LogP contribution in [-0.2, 0) is 6.54 Å². The van der Waals surface area contributed by atoms with Crippen molar-refractivity contribution in [1.29, 1.82) is 0 Å². The highest BCUT2D eigenvalue weighted by Crippen LogP contribution is 2.23. The number of thioether (sulfide) groups is 1. The van der Waals surface area contributed by atoms with Crippen LogP contribution in [-0.4, -0.2) is 54.9 Å². The average Bonchev–Trinajstić information content (AvgIpc) is 2.70. The first-order chi connectivity index (χ1) is 13.0. The molecule has 0 atom stereocenters. The Labute approximate surface area is 192 Å². The SMILES string of the molecule is CCNC(=NCc1ccc(N2CCC(CO)CC2)cc1)NCC(C)(C)SC.I. The summed E-state index contributed by atoms with van der Waals surface area (Å²) in [6.07, 6.45) is 4.29. The molecule has 28 heavy (non-hydrogen) atoms. The maximum Gasteiger partial charge on any atom is 0.191 e. The molecule has 1 aliphatic rings. The highest BCUT2D eigenvalue weighted by Gasteiger charge is 2.18. The number of anilines is 1. The van der Waals surface area contributed by atoms with Crippen molar-refractivity contribution in [3.63, 3.8) is 0 Å². The molecule has 1 aliphatic heterocycles. The second-order valence-corrected chi connectivity index (χ2v) is 9.31. The standard InChI is InChI=1S/C21H36N4OS.HI/c1-5-22-20(24-16-21(2,3)27-4)23-14-17-6-8-19(9-7-17)25-12-10-18(15-26)11-13-25;/h6-9,18,26H,5,10-16H2,1-4H3,(H2,22,23,24);1H. The lowest BCUT2D eigenvalue weighted by Crippen LogP contribution is -2.43. The number of nitrogens with zero attached hydrogens (tertiary/aromatic N) is 2. The van der Waals surface area contributed by atoms with Crippen LogP contribution in [0.3, 0.4) is 0 Å². The van der Waals surface area contributed by atoms with Crippen molar-refractivity contribution in [3.8, 4) is 0 Å². The smallest absolute Gasteiger partial charge is 0.191 e. The molecule has 160 valence electrons. The van der Waals surface area contributed by atoms with Gasteiger partial charge in [-0.05, 0) is 63.5 Å². The summed E-state index contributed by atoms with van der Waals surface area (Å²) in [5.74, 6) is 1.35. The Balaban J connectivity index is 0.00000392. The number of aliphatic imine (C=N–C) groups is 1. The van der Waals surface area contributed by atoms with Gasteiger partial charge in [-0.1, -0.05) is 12.1 Å². The molecule has 1 saturated heterocycles. The van der Waals surface area contributed by atoms with Crippen LogP contribution in [0.1, 0.15) is 39.2 Å². The highest BCUT2D eigenvalue weighted by atomic mass is 127. The van der Waals surface area contributed by atoms with Gasteiger partial charge < -0.3 is 20.6 Å². The van der Waals surface area contributed by atoms with E-state index in [1.54, 1.807) is 0 Å². The van der Waals surface area contributed by atoms with E-state index in [1.165, 1.54) is 11.3 Å². The lowest BCUT2D eigenvalue weighted by molar-refractivity contribution is 0.203. The van der Waals surface area contributed by atoms with E-state index >= 15 is 0 Å². The zero-order valence-corrected chi connectivity index (χ0v) is 20.8. The van der Waals surface area contributed by atoms with Crippen LogP contribution in [0.4, 0.5) is 5.69 Å². The van der Waals surface area contributed by atoms with Crippen LogP contribution in [0.5, 0.6) is 0 Å². The van der Waals surface area contributed by atoms with Crippen molar-refractivity contribution in [3.05, 3.63) is 29.8 Å². The number of halogens is 1. The molecule has 0 saturated carbocycles. The molecule has 0 aliphatic carbocycles. The van der Waals surface area contributed by atoms with Gasteiger partial charge in [0.15, 0.2) is 5.96 Å². The number of aliphatic hydroxyl groups is 1. The molecule has 0 bridgehead atoms. The minimum Gasteiger partial charge on any atom is -0.396 e. The van der Waals surface area contributed by atoms with Gasteiger partial charge in [0.25, 0.3) is 0 Å². The summed E-state index contributed by atoms with van der Waals surface area (Å²) in [5.41, 5.74) is 2.48. The number of nitrogens with one attached hydrogen (secondary N) is 2. The monoisotopic (exact) mass is 520 g/mol. The molecule has 1 heterocycles. The van der Waals surface area contributed by atoms with E-state index in [2.05, 4.69) is 66.8 Å². The summed E-state index contributed by atoms with van der Waals surface area (Å²) in [5, 5.41) is 16.0. The molecular formula is C21H37IN4OS. The second-order valence-electron chi connectivity index (χ2n) is 7.79. The molecule has 3 N–H and O–H groups in total. The first-order valence-corrected chi connectivity index (χ1v) is 11.2. The lowest BCUT2D eigenvalue weighted by atomic mass is 9.97. The predicted octanol–water partition coefficient (Wildman–Crippen LogP) is 3.71. The van der Waals surface area contributed by atoms with E-state index in [0.717, 1.165) is 45.0 Å². The molecule has 0 radical (unpaired) electrons. The molecule has 1 fully saturated rings. The van der Waals surface area contributed by atoms with Crippen LogP contribution < -0.4 is 15.5 Å². The third kappa shape index (κ3) is 8.37. The summed E-state index contributed by atoms with van der Waals surface area (Å²) in [7, 11) is 0. The molecule has 0 amide bonds. The van der Waals surface area contributed by atoms with E-state index in [0.29, 0.717) is 19.1 Å². The van der Waals surface area contributed by atoms with E-state index < -0.39 is 0 Å². The summed E-state index contributed by atoms with van der Waals surface area (Å²) < 4.78 is 0.182. The second kappa shape index (κ2) is 12.8. The molecule has 1 aromatic carbocycles. The Hall–Kier alpha value is -0.670. The quantitative estimate of drug-likeness (QED) is 0.277. The molecule has 2 rings (SSSR count). The number of hydrogen-bond acceptors (Lipinski definition) is 4. The topological polar surface area (TPSA) is 59.9 Å². The number of benzene rings is 1. The third-order valence-electron chi connectivity index (χ3n) is 5.17. The van der Waals surface area contributed by atoms with Gasteiger partial charge in [-0.2, -0.15) is 11.8 Å². The molecule has 0 unspecified atom stereocenters. The summed E-state index contributed by atoms with van der Waals surface area (Å²) in [6.45, 7) is 11.3. The van der Waals surface area contributed by atoms with Crippen molar-refractivity contribution in [2.24, 2.45) is 10.9 Å². The van der Waals surface area contributed by atoms with Crippen molar-refractivity contribution < 1.29 is 5.11 Å². The largest absolute Gasteiger partial charge is 0.396 e. The van der Waals surface area contributed by atoms with Gasteiger partial charge in [0.1, 0.15) is 0 Å². The summed E-state index contributed by atoms with van der Waals surface area (Å²) in [6, 6.07) is 8.74. The third-order valence-corrected chi connectivity index (χ3v) is 6.42. The molecule has 5 nitrogen and oxygen atoms in total. The Kier molecular flexibility index (Phi) is 11.6. The van der Waals surface area contributed by atoms with Gasteiger partial charge in [0.05, 0.1) is 6.54 Å². The normalized spacial score (nSPS) is 15.9. The number of aliphatic hydroxyl groups excluding tert-OH is 1. The van der Waals surface area contributed by atoms with Gasteiger partial charge in [-0.15, -0.1) is 24.0 Å². The van der Waals surface area contributed by atoms with Gasteiger partial charge in [0, 0.05) is 43.2 Å². The molecule has 0 spiro atoms. The number of rotatable bonds is 8. The Morgan fingerprint density at radius 1 is 1.21 bits per heavy atom. The highest BCUT2D eigenvalue weighted by molar-refractivity contribution is 14.0. The fourth-order valence-corrected chi connectivity index (χ4v) is 3.28. The van der Waals surface area contributed by atoms with E-state index in [9.17, 15) is 5.11 Å². The van der Waals surface area contributed by atoms with Gasteiger partial charge in [-0.25, -0.2) is 4.99 Å². The maximum atomic E-state index is 9.28. The first kappa shape index (κ1) is 25.4. The minimum atomic E-state index is 0. The van der Waals surface area contributed by atoms with Crippen LogP contribution in [0.15, 0.2) is 29.3 Å². The van der Waals surface area contributed by atoms with Crippen LogP contribution in [0, 0.1) is 5.92 Å². The fourth-order valence-electron chi connectivity index (χ4n) is 3.07. The molecular weight excluding hydrogens is 483 g/mol. The predicted molar refractivity (Wildman–Crippen MR) is 134 cm³/mol. The van der Waals surface area contributed by atoms with Crippen molar-refractivity contribution >= 4 is 47.4 Å². The Morgan fingerprint density at radius 2 is 1.86 bits per heavy atom. The maximum absolute atomic E-state index is 9.28. The Morgan fingerprint density at radius 3 is 2.39 bits per heavy atom. The lowest BCUT2D eigenvalue weighted by Gasteiger charge is -2.32. The number of guanidine groups is 1. The molecule has 7 heteroatoms. The van der Waals surface area contributed by atoms with Crippen LogP contribution in [0.2, 0.25) is 0 Å². The van der Waals surface area contributed by atoms with Crippen LogP contribution >= 0.6 is 35.7 Å². The number of piperidine rings is 1. The van der Waals surface area contributed by atoms with Crippen molar-refractivity contribution in [2.45, 2.75) is 44.9 Å². The van der Waals surface area contributed by atoms with Crippen molar-refractivity contribution in [1.82, 2.24) is 10.6 Å². The van der Waals surface area contributed by atoms with Gasteiger partial charge >= 0.3 is 0 Å². The fraction of sp³-hybridized carbons (Fsp3) is 0.667. The average molecular weight is 521 g/mol. The molecule has 0 aromatic heterocycles. The zero-order chi connectivity index (χ0) is 19.7. The molecule has 1 aromatic rings.